The second-order valence-corrected chi connectivity index (χ2v) is 6.19. The van der Waals surface area contributed by atoms with E-state index in [1.54, 1.807) is 24.3 Å². The van der Waals surface area contributed by atoms with E-state index in [0.717, 1.165) is 16.3 Å². The maximum absolute atomic E-state index is 12.3. The molecule has 0 aliphatic carbocycles. The van der Waals surface area contributed by atoms with Crippen molar-refractivity contribution in [1.82, 2.24) is 5.32 Å². The Labute approximate surface area is 150 Å². The van der Waals surface area contributed by atoms with Gasteiger partial charge in [0.25, 0.3) is 5.91 Å². The average molecular weight is 354 g/mol. The van der Waals surface area contributed by atoms with Gasteiger partial charge in [0.05, 0.1) is 0 Å². The Morgan fingerprint density at radius 2 is 1.64 bits per heavy atom. The molecule has 0 heterocycles. The highest BCUT2D eigenvalue weighted by molar-refractivity contribution is 6.30. The fraction of sp³-hybridized carbons (Fsp3) is 0.100. The summed E-state index contributed by atoms with van der Waals surface area (Å²) < 4.78 is 0. The van der Waals surface area contributed by atoms with Gasteiger partial charge in [0.15, 0.2) is 0 Å². The molecule has 0 aliphatic heterocycles. The molecule has 4 nitrogen and oxygen atoms in total. The molecule has 1 atom stereocenters. The van der Waals surface area contributed by atoms with Gasteiger partial charge in [-0.3, -0.25) is 4.79 Å². The fourth-order valence-electron chi connectivity index (χ4n) is 2.64. The maximum Gasteiger partial charge on any atom is 0.326 e. The topological polar surface area (TPSA) is 66.4 Å². The van der Waals surface area contributed by atoms with Crippen LogP contribution in [-0.4, -0.2) is 23.0 Å². The van der Waals surface area contributed by atoms with E-state index in [1.807, 2.05) is 42.5 Å². The molecule has 1 amide bonds. The van der Waals surface area contributed by atoms with Gasteiger partial charge in [-0.2, -0.15) is 0 Å². The molecular formula is C20H16ClNO3. The second kappa shape index (κ2) is 7.36. The zero-order valence-electron chi connectivity index (χ0n) is 13.3. The molecule has 0 saturated carbocycles. The summed E-state index contributed by atoms with van der Waals surface area (Å²) in [5.74, 6) is -1.51. The molecule has 126 valence electrons. The van der Waals surface area contributed by atoms with E-state index in [9.17, 15) is 14.7 Å². The number of carboxylic acid groups (broad SMARTS) is 1. The average Bonchev–Trinajstić information content (AvgIpc) is 2.61. The molecule has 0 radical (unpaired) electrons. The van der Waals surface area contributed by atoms with Gasteiger partial charge in [0, 0.05) is 17.0 Å². The number of benzene rings is 3. The SMILES string of the molecule is O=C(N[C@H](Cc1ccc2ccccc2c1)C(=O)O)c1ccc(Cl)cc1. The zero-order chi connectivity index (χ0) is 17.8. The lowest BCUT2D eigenvalue weighted by Crippen LogP contribution is -2.42. The molecule has 5 heteroatoms. The largest absolute Gasteiger partial charge is 0.480 e. The summed E-state index contributed by atoms with van der Waals surface area (Å²) in [5, 5.41) is 14.7. The van der Waals surface area contributed by atoms with Crippen LogP contribution in [0.1, 0.15) is 15.9 Å². The standard InChI is InChI=1S/C20H16ClNO3/c21-17-9-7-15(8-10-17)19(23)22-18(20(24)25)12-13-5-6-14-3-1-2-4-16(14)11-13/h1-11,18H,12H2,(H,22,23)(H,24,25)/t18-/m1/s1. The third-order valence-electron chi connectivity index (χ3n) is 3.96. The van der Waals surface area contributed by atoms with Crippen molar-refractivity contribution in [3.63, 3.8) is 0 Å². The summed E-state index contributed by atoms with van der Waals surface area (Å²) >= 11 is 5.80. The Morgan fingerprint density at radius 3 is 2.32 bits per heavy atom. The van der Waals surface area contributed by atoms with E-state index in [1.165, 1.54) is 0 Å². The minimum absolute atomic E-state index is 0.208. The van der Waals surface area contributed by atoms with Crippen LogP contribution in [0.3, 0.4) is 0 Å². The third kappa shape index (κ3) is 4.17. The first kappa shape index (κ1) is 17.0. The molecule has 0 saturated heterocycles. The van der Waals surface area contributed by atoms with Crippen LogP contribution in [0.4, 0.5) is 0 Å². The number of fused-ring (bicyclic) bond motifs is 1. The van der Waals surface area contributed by atoms with Crippen LogP contribution < -0.4 is 5.32 Å². The van der Waals surface area contributed by atoms with Crippen molar-refractivity contribution in [2.24, 2.45) is 0 Å². The van der Waals surface area contributed by atoms with Crippen molar-refractivity contribution in [2.75, 3.05) is 0 Å². The lowest BCUT2D eigenvalue weighted by molar-refractivity contribution is -0.139. The number of aliphatic carboxylic acids is 1. The van der Waals surface area contributed by atoms with E-state index in [0.29, 0.717) is 10.6 Å². The minimum Gasteiger partial charge on any atom is -0.480 e. The highest BCUT2D eigenvalue weighted by Crippen LogP contribution is 2.17. The highest BCUT2D eigenvalue weighted by atomic mass is 35.5. The molecular weight excluding hydrogens is 338 g/mol. The molecule has 0 aliphatic rings. The first-order valence-corrected chi connectivity index (χ1v) is 8.17. The zero-order valence-corrected chi connectivity index (χ0v) is 14.0. The molecule has 3 aromatic carbocycles. The summed E-state index contributed by atoms with van der Waals surface area (Å²) in [4.78, 5) is 23.8. The first-order chi connectivity index (χ1) is 12.0. The Hall–Kier alpha value is -2.85. The van der Waals surface area contributed by atoms with E-state index >= 15 is 0 Å². The number of amides is 1. The van der Waals surface area contributed by atoms with Gasteiger partial charge >= 0.3 is 5.97 Å². The van der Waals surface area contributed by atoms with Gasteiger partial charge in [-0.15, -0.1) is 0 Å². The summed E-state index contributed by atoms with van der Waals surface area (Å²) in [7, 11) is 0. The van der Waals surface area contributed by atoms with Crippen LogP contribution in [0.25, 0.3) is 10.8 Å². The molecule has 0 aromatic heterocycles. The highest BCUT2D eigenvalue weighted by Gasteiger charge is 2.21. The number of hydrogen-bond donors (Lipinski definition) is 2. The molecule has 0 unspecified atom stereocenters. The van der Waals surface area contributed by atoms with Crippen LogP contribution in [0.5, 0.6) is 0 Å². The Bertz CT molecular complexity index is 922. The number of hydrogen-bond acceptors (Lipinski definition) is 2. The quantitative estimate of drug-likeness (QED) is 0.730. The predicted octanol–water partition coefficient (Wildman–Crippen LogP) is 3.92. The lowest BCUT2D eigenvalue weighted by Gasteiger charge is -2.15. The molecule has 2 N–H and O–H groups in total. The van der Waals surface area contributed by atoms with E-state index in [2.05, 4.69) is 5.32 Å². The summed E-state index contributed by atoms with van der Waals surface area (Å²) in [6.07, 6.45) is 0.208. The van der Waals surface area contributed by atoms with Gasteiger partial charge in [0.2, 0.25) is 0 Å². The van der Waals surface area contributed by atoms with Gasteiger partial charge in [-0.05, 0) is 40.6 Å². The van der Waals surface area contributed by atoms with Crippen molar-refractivity contribution in [3.05, 3.63) is 82.9 Å². The van der Waals surface area contributed by atoms with E-state index < -0.39 is 17.9 Å². The molecule has 0 spiro atoms. The maximum atomic E-state index is 12.3. The Kier molecular flexibility index (Phi) is 5.00. The summed E-state index contributed by atoms with van der Waals surface area (Å²) in [5.41, 5.74) is 1.22. The second-order valence-electron chi connectivity index (χ2n) is 5.76. The van der Waals surface area contributed by atoms with Crippen LogP contribution in [0, 0.1) is 0 Å². The van der Waals surface area contributed by atoms with E-state index in [-0.39, 0.29) is 6.42 Å². The fourth-order valence-corrected chi connectivity index (χ4v) is 2.77. The Morgan fingerprint density at radius 1 is 0.960 bits per heavy atom. The molecule has 0 fully saturated rings. The Balaban J connectivity index is 1.77. The third-order valence-corrected chi connectivity index (χ3v) is 4.22. The van der Waals surface area contributed by atoms with Gasteiger partial charge in [0.1, 0.15) is 6.04 Å². The molecule has 0 bridgehead atoms. The van der Waals surface area contributed by atoms with Crippen LogP contribution in [-0.2, 0) is 11.2 Å². The van der Waals surface area contributed by atoms with Gasteiger partial charge in [-0.1, -0.05) is 54.1 Å². The minimum atomic E-state index is -1.07. The summed E-state index contributed by atoms with van der Waals surface area (Å²) in [6.45, 7) is 0. The van der Waals surface area contributed by atoms with Crippen LogP contribution in [0.2, 0.25) is 5.02 Å². The summed E-state index contributed by atoms with van der Waals surface area (Å²) in [6, 6.07) is 18.9. The first-order valence-electron chi connectivity index (χ1n) is 7.80. The monoisotopic (exact) mass is 353 g/mol. The normalized spacial score (nSPS) is 11.9. The van der Waals surface area contributed by atoms with Crippen molar-refractivity contribution in [1.29, 1.82) is 0 Å². The number of carbonyl (C=O) groups is 2. The predicted molar refractivity (Wildman–Crippen MR) is 98.0 cm³/mol. The van der Waals surface area contributed by atoms with Crippen molar-refractivity contribution in [2.45, 2.75) is 12.5 Å². The van der Waals surface area contributed by atoms with E-state index in [4.69, 9.17) is 11.6 Å². The number of carbonyl (C=O) groups excluding carboxylic acids is 1. The number of halogens is 1. The van der Waals surface area contributed by atoms with Crippen molar-refractivity contribution < 1.29 is 14.7 Å². The number of nitrogens with one attached hydrogen (secondary N) is 1. The van der Waals surface area contributed by atoms with Gasteiger partial charge < -0.3 is 10.4 Å². The van der Waals surface area contributed by atoms with Crippen molar-refractivity contribution >= 4 is 34.2 Å². The van der Waals surface area contributed by atoms with Crippen molar-refractivity contribution in [3.8, 4) is 0 Å². The van der Waals surface area contributed by atoms with Crippen LogP contribution in [0.15, 0.2) is 66.7 Å². The molecule has 25 heavy (non-hydrogen) atoms. The van der Waals surface area contributed by atoms with Gasteiger partial charge in [-0.25, -0.2) is 4.79 Å². The lowest BCUT2D eigenvalue weighted by atomic mass is 10.0. The van der Waals surface area contributed by atoms with Crippen LogP contribution >= 0.6 is 11.6 Å². The number of rotatable bonds is 5. The smallest absolute Gasteiger partial charge is 0.326 e. The number of carboxylic acids is 1. The molecule has 3 aromatic rings. The molecule has 3 rings (SSSR count).